The van der Waals surface area contributed by atoms with E-state index in [1.807, 2.05) is 12.4 Å². The molecule has 2 unspecified atom stereocenters. The van der Waals surface area contributed by atoms with Gasteiger partial charge in [0.05, 0.1) is 0 Å². The Kier molecular flexibility index (Phi) is 4.02. The van der Waals surface area contributed by atoms with E-state index < -0.39 is 0 Å². The standard InChI is InChI=1S/C16H25N3/c1-13-3-2-4-16(13)18-14-7-11-19(12-8-14)15-5-9-17-10-6-15/h5-6,9-10,13-14,16,18H,2-4,7-8,11-12H2,1H3. The van der Waals surface area contributed by atoms with Crippen LogP contribution in [0.25, 0.3) is 0 Å². The van der Waals surface area contributed by atoms with Crippen LogP contribution in [0.15, 0.2) is 24.5 Å². The van der Waals surface area contributed by atoms with Gasteiger partial charge in [0.2, 0.25) is 0 Å². The summed E-state index contributed by atoms with van der Waals surface area (Å²) in [6.45, 7) is 4.74. The van der Waals surface area contributed by atoms with Gasteiger partial charge in [-0.1, -0.05) is 13.3 Å². The number of hydrogen-bond acceptors (Lipinski definition) is 3. The molecule has 2 fully saturated rings. The Morgan fingerprint density at radius 3 is 2.47 bits per heavy atom. The summed E-state index contributed by atoms with van der Waals surface area (Å²) in [5, 5.41) is 3.90. The van der Waals surface area contributed by atoms with E-state index in [9.17, 15) is 0 Å². The van der Waals surface area contributed by atoms with Crippen molar-refractivity contribution in [2.45, 2.75) is 51.1 Å². The summed E-state index contributed by atoms with van der Waals surface area (Å²) in [5.74, 6) is 0.873. The molecule has 0 amide bonds. The van der Waals surface area contributed by atoms with Crippen molar-refractivity contribution in [2.75, 3.05) is 18.0 Å². The van der Waals surface area contributed by atoms with Gasteiger partial charge in [-0.3, -0.25) is 4.98 Å². The predicted octanol–water partition coefficient (Wildman–Crippen LogP) is 2.83. The number of nitrogens with zero attached hydrogens (tertiary/aromatic N) is 2. The average molecular weight is 259 g/mol. The molecule has 3 heteroatoms. The largest absolute Gasteiger partial charge is 0.371 e. The number of piperidine rings is 1. The summed E-state index contributed by atoms with van der Waals surface area (Å²) in [7, 11) is 0. The summed E-state index contributed by atoms with van der Waals surface area (Å²) in [5.41, 5.74) is 1.32. The molecular weight excluding hydrogens is 234 g/mol. The van der Waals surface area contributed by atoms with Gasteiger partial charge in [0.1, 0.15) is 0 Å². The van der Waals surface area contributed by atoms with Crippen molar-refractivity contribution in [2.24, 2.45) is 5.92 Å². The van der Waals surface area contributed by atoms with Gasteiger partial charge in [-0.2, -0.15) is 0 Å². The van der Waals surface area contributed by atoms with Crippen molar-refractivity contribution >= 4 is 5.69 Å². The maximum absolute atomic E-state index is 4.09. The average Bonchev–Trinajstić information content (AvgIpc) is 2.86. The van der Waals surface area contributed by atoms with Gasteiger partial charge in [0.15, 0.2) is 0 Å². The quantitative estimate of drug-likeness (QED) is 0.904. The fraction of sp³-hybridized carbons (Fsp3) is 0.688. The molecule has 0 spiro atoms. The molecule has 1 saturated carbocycles. The molecule has 3 rings (SSSR count). The highest BCUT2D eigenvalue weighted by atomic mass is 15.2. The number of anilines is 1. The van der Waals surface area contributed by atoms with E-state index in [2.05, 4.69) is 34.3 Å². The van der Waals surface area contributed by atoms with Crippen molar-refractivity contribution in [1.29, 1.82) is 0 Å². The first-order chi connectivity index (χ1) is 9.33. The number of rotatable bonds is 3. The topological polar surface area (TPSA) is 28.2 Å². The zero-order valence-electron chi connectivity index (χ0n) is 11.9. The van der Waals surface area contributed by atoms with E-state index >= 15 is 0 Å². The third-order valence-corrected chi connectivity index (χ3v) is 4.83. The van der Waals surface area contributed by atoms with Crippen molar-refractivity contribution in [3.63, 3.8) is 0 Å². The molecule has 0 radical (unpaired) electrons. The third-order valence-electron chi connectivity index (χ3n) is 4.83. The third kappa shape index (κ3) is 3.08. The molecule has 1 aliphatic carbocycles. The molecule has 3 nitrogen and oxygen atoms in total. The summed E-state index contributed by atoms with van der Waals surface area (Å²) in [6.07, 6.45) is 10.5. The van der Waals surface area contributed by atoms with Crippen LogP contribution in [0.4, 0.5) is 5.69 Å². The first-order valence-corrected chi connectivity index (χ1v) is 7.74. The van der Waals surface area contributed by atoms with Crippen LogP contribution in [-0.4, -0.2) is 30.2 Å². The molecule has 2 aliphatic rings. The lowest BCUT2D eigenvalue weighted by molar-refractivity contribution is 0.330. The molecule has 2 atom stereocenters. The monoisotopic (exact) mass is 259 g/mol. The van der Waals surface area contributed by atoms with Crippen molar-refractivity contribution < 1.29 is 0 Å². The lowest BCUT2D eigenvalue weighted by atomic mass is 10.00. The maximum atomic E-state index is 4.09. The highest BCUT2D eigenvalue weighted by Crippen LogP contribution is 2.27. The smallest absolute Gasteiger partial charge is 0.0397 e. The van der Waals surface area contributed by atoms with Gasteiger partial charge >= 0.3 is 0 Å². The van der Waals surface area contributed by atoms with Crippen LogP contribution in [-0.2, 0) is 0 Å². The number of hydrogen-bond donors (Lipinski definition) is 1. The summed E-state index contributed by atoms with van der Waals surface area (Å²) in [4.78, 5) is 6.58. The highest BCUT2D eigenvalue weighted by molar-refractivity contribution is 5.44. The minimum Gasteiger partial charge on any atom is -0.371 e. The summed E-state index contributed by atoms with van der Waals surface area (Å²) >= 11 is 0. The van der Waals surface area contributed by atoms with Crippen LogP contribution >= 0.6 is 0 Å². The minimum absolute atomic E-state index is 0.726. The van der Waals surface area contributed by atoms with Crippen LogP contribution in [0, 0.1) is 5.92 Å². The second kappa shape index (κ2) is 5.91. The minimum atomic E-state index is 0.726. The van der Waals surface area contributed by atoms with E-state index in [1.54, 1.807) is 0 Å². The fourth-order valence-electron chi connectivity index (χ4n) is 3.56. The van der Waals surface area contributed by atoms with Gasteiger partial charge in [0.25, 0.3) is 0 Å². The first-order valence-electron chi connectivity index (χ1n) is 7.74. The number of nitrogens with one attached hydrogen (secondary N) is 1. The number of aromatic nitrogens is 1. The van der Waals surface area contributed by atoms with E-state index in [1.165, 1.54) is 50.9 Å². The Morgan fingerprint density at radius 1 is 1.11 bits per heavy atom. The lowest BCUT2D eigenvalue weighted by Crippen LogP contribution is -2.47. The van der Waals surface area contributed by atoms with E-state index in [4.69, 9.17) is 0 Å². The van der Waals surface area contributed by atoms with Gasteiger partial charge in [-0.25, -0.2) is 0 Å². The van der Waals surface area contributed by atoms with E-state index in [0.29, 0.717) is 0 Å². The van der Waals surface area contributed by atoms with Crippen molar-refractivity contribution in [3.05, 3.63) is 24.5 Å². The zero-order chi connectivity index (χ0) is 13.1. The van der Waals surface area contributed by atoms with Crippen LogP contribution in [0.1, 0.15) is 39.0 Å². The van der Waals surface area contributed by atoms with Gasteiger partial charge in [0, 0.05) is 43.3 Å². The molecule has 1 aromatic heterocycles. The van der Waals surface area contributed by atoms with Gasteiger partial charge in [-0.05, 0) is 43.7 Å². The molecule has 19 heavy (non-hydrogen) atoms. The molecule has 1 aliphatic heterocycles. The molecular formula is C16H25N3. The van der Waals surface area contributed by atoms with Crippen LogP contribution in [0.5, 0.6) is 0 Å². The molecule has 1 saturated heterocycles. The van der Waals surface area contributed by atoms with E-state index in [-0.39, 0.29) is 0 Å². The summed E-state index contributed by atoms with van der Waals surface area (Å²) < 4.78 is 0. The normalized spacial score (nSPS) is 28.8. The molecule has 104 valence electrons. The fourth-order valence-corrected chi connectivity index (χ4v) is 3.56. The second-order valence-corrected chi connectivity index (χ2v) is 6.15. The second-order valence-electron chi connectivity index (χ2n) is 6.15. The Balaban J connectivity index is 1.49. The van der Waals surface area contributed by atoms with Gasteiger partial charge < -0.3 is 10.2 Å². The molecule has 2 heterocycles. The predicted molar refractivity (Wildman–Crippen MR) is 79.4 cm³/mol. The zero-order valence-corrected chi connectivity index (χ0v) is 11.9. The van der Waals surface area contributed by atoms with E-state index in [0.717, 1.165) is 18.0 Å². The Bertz CT molecular complexity index is 384. The number of pyridine rings is 1. The lowest BCUT2D eigenvalue weighted by Gasteiger charge is -2.36. The Labute approximate surface area is 116 Å². The maximum Gasteiger partial charge on any atom is 0.0397 e. The molecule has 0 aromatic carbocycles. The molecule has 1 N–H and O–H groups in total. The van der Waals surface area contributed by atoms with Gasteiger partial charge in [-0.15, -0.1) is 0 Å². The van der Waals surface area contributed by atoms with Crippen LogP contribution in [0.3, 0.4) is 0 Å². The summed E-state index contributed by atoms with van der Waals surface area (Å²) in [6, 6.07) is 5.74. The SMILES string of the molecule is CC1CCCC1NC1CCN(c2ccncc2)CC1. The van der Waals surface area contributed by atoms with Crippen molar-refractivity contribution in [3.8, 4) is 0 Å². The van der Waals surface area contributed by atoms with Crippen molar-refractivity contribution in [1.82, 2.24) is 10.3 Å². The van der Waals surface area contributed by atoms with Crippen LogP contribution in [0.2, 0.25) is 0 Å². The molecule has 0 bridgehead atoms. The Morgan fingerprint density at radius 2 is 1.84 bits per heavy atom. The first kappa shape index (κ1) is 12.9. The highest BCUT2D eigenvalue weighted by Gasteiger charge is 2.27. The Hall–Kier alpha value is -1.09. The van der Waals surface area contributed by atoms with Crippen LogP contribution < -0.4 is 10.2 Å². The molecule has 1 aromatic rings.